The number of rotatable bonds is 8. The van der Waals surface area contributed by atoms with Crippen molar-refractivity contribution >= 4 is 21.6 Å². The van der Waals surface area contributed by atoms with Crippen molar-refractivity contribution in [2.75, 3.05) is 58.3 Å². The minimum absolute atomic E-state index is 0.0244. The van der Waals surface area contributed by atoms with E-state index in [0.29, 0.717) is 22.6 Å². The second-order valence-electron chi connectivity index (χ2n) is 13.2. The highest BCUT2D eigenvalue weighted by Crippen LogP contribution is 2.54. The molecule has 8 nitrogen and oxygen atoms in total. The molecule has 2 aromatic carbocycles. The van der Waals surface area contributed by atoms with Crippen molar-refractivity contribution in [3.63, 3.8) is 0 Å². The van der Waals surface area contributed by atoms with Gasteiger partial charge in [-0.05, 0) is 93.6 Å². The summed E-state index contributed by atoms with van der Waals surface area (Å²) in [6.07, 6.45) is 5.08. The van der Waals surface area contributed by atoms with Gasteiger partial charge in [-0.2, -0.15) is 0 Å². The monoisotopic (exact) mass is 606 g/mol. The number of ether oxygens (including phenoxy) is 1. The Hall–Kier alpha value is -2.88. The van der Waals surface area contributed by atoms with Crippen molar-refractivity contribution in [3.8, 4) is 0 Å². The number of nitrogens with one attached hydrogen (secondary N) is 1. The van der Waals surface area contributed by atoms with E-state index in [1.54, 1.807) is 19.2 Å². The summed E-state index contributed by atoms with van der Waals surface area (Å²) in [5.41, 5.74) is 3.97. The number of carbonyl (C=O) groups is 1. The molecule has 1 unspecified atom stereocenters. The van der Waals surface area contributed by atoms with E-state index in [9.17, 15) is 13.2 Å². The molecule has 1 amide bonds. The van der Waals surface area contributed by atoms with Crippen molar-refractivity contribution in [3.05, 3.63) is 71.6 Å². The van der Waals surface area contributed by atoms with Crippen LogP contribution in [0.25, 0.3) is 0 Å². The van der Waals surface area contributed by atoms with E-state index >= 15 is 0 Å². The SMILES string of the molecule is C=CS(=O)(=O)c1ccc(N2CC(CN3CCC(C4([C@H]5CCC[C@@H]5OC(=O)NC)CN(C)Cc5ccccc54)CC3)C2)cc1. The van der Waals surface area contributed by atoms with Crippen LogP contribution >= 0.6 is 0 Å². The average molecular weight is 607 g/mol. The zero-order valence-electron chi connectivity index (χ0n) is 25.6. The van der Waals surface area contributed by atoms with E-state index in [1.165, 1.54) is 11.1 Å². The molecule has 0 radical (unpaired) electrons. The number of hydrogen-bond acceptors (Lipinski definition) is 7. The molecule has 3 atom stereocenters. The van der Waals surface area contributed by atoms with Crippen LogP contribution in [0.4, 0.5) is 10.5 Å². The predicted octanol–water partition coefficient (Wildman–Crippen LogP) is 4.66. The van der Waals surface area contributed by atoms with Gasteiger partial charge in [0.2, 0.25) is 0 Å². The minimum atomic E-state index is -3.40. The van der Waals surface area contributed by atoms with Crippen molar-refractivity contribution in [2.45, 2.75) is 55.1 Å². The fourth-order valence-electron chi connectivity index (χ4n) is 8.65. The molecule has 1 aliphatic carbocycles. The van der Waals surface area contributed by atoms with E-state index in [1.807, 2.05) is 12.1 Å². The Morgan fingerprint density at radius 2 is 1.79 bits per heavy atom. The first-order valence-corrected chi connectivity index (χ1v) is 17.4. The summed E-state index contributed by atoms with van der Waals surface area (Å²) >= 11 is 0. The third-order valence-corrected chi connectivity index (χ3v) is 12.0. The van der Waals surface area contributed by atoms with Gasteiger partial charge in [0.15, 0.2) is 9.84 Å². The Balaban J connectivity index is 1.12. The molecule has 2 aromatic rings. The minimum Gasteiger partial charge on any atom is -0.446 e. The van der Waals surface area contributed by atoms with Gasteiger partial charge < -0.3 is 24.8 Å². The number of alkyl carbamates (subject to hydrolysis) is 1. The molecule has 0 aromatic heterocycles. The normalized spacial score (nSPS) is 27.3. The molecule has 43 heavy (non-hydrogen) atoms. The highest BCUT2D eigenvalue weighted by atomic mass is 32.2. The second-order valence-corrected chi connectivity index (χ2v) is 15.0. The number of carbonyl (C=O) groups excluding carboxylic acids is 1. The quantitative estimate of drug-likeness (QED) is 0.468. The van der Waals surface area contributed by atoms with Gasteiger partial charge in [-0.25, -0.2) is 13.2 Å². The van der Waals surface area contributed by atoms with Gasteiger partial charge in [0.05, 0.1) is 4.90 Å². The first-order valence-electron chi connectivity index (χ1n) is 15.8. The number of likely N-dealkylation sites (tertiary alicyclic amines) is 1. The largest absolute Gasteiger partial charge is 0.446 e. The highest BCUT2D eigenvalue weighted by Gasteiger charge is 2.55. The lowest BCUT2D eigenvalue weighted by Gasteiger charge is -2.54. The molecule has 0 spiro atoms. The number of amides is 1. The number of benzene rings is 2. The smallest absolute Gasteiger partial charge is 0.407 e. The van der Waals surface area contributed by atoms with Gasteiger partial charge in [-0.15, -0.1) is 0 Å². The van der Waals surface area contributed by atoms with Crippen LogP contribution < -0.4 is 10.2 Å². The lowest BCUT2D eigenvalue weighted by Crippen LogP contribution is -2.58. The molecule has 1 saturated carbocycles. The first-order chi connectivity index (χ1) is 20.7. The average Bonchev–Trinajstić information content (AvgIpc) is 3.47. The fourth-order valence-corrected chi connectivity index (χ4v) is 9.36. The van der Waals surface area contributed by atoms with E-state index in [-0.39, 0.29) is 17.6 Å². The molecule has 1 N–H and O–H groups in total. The molecule has 3 fully saturated rings. The molecule has 6 rings (SSSR count). The summed E-state index contributed by atoms with van der Waals surface area (Å²) in [5, 5.41) is 3.69. The lowest BCUT2D eigenvalue weighted by molar-refractivity contribution is -0.0106. The van der Waals surface area contributed by atoms with Crippen LogP contribution in [-0.4, -0.2) is 83.8 Å². The predicted molar refractivity (Wildman–Crippen MR) is 170 cm³/mol. The Morgan fingerprint density at radius 1 is 1.07 bits per heavy atom. The van der Waals surface area contributed by atoms with E-state index in [4.69, 9.17) is 4.74 Å². The van der Waals surface area contributed by atoms with Crippen LogP contribution in [0.15, 0.2) is 65.4 Å². The zero-order chi connectivity index (χ0) is 30.2. The number of likely N-dealkylation sites (N-methyl/N-ethyl adjacent to an activating group) is 1. The van der Waals surface area contributed by atoms with Crippen molar-refractivity contribution in [1.29, 1.82) is 0 Å². The van der Waals surface area contributed by atoms with Gasteiger partial charge in [0.25, 0.3) is 0 Å². The number of nitrogens with zero attached hydrogens (tertiary/aromatic N) is 3. The van der Waals surface area contributed by atoms with Gasteiger partial charge in [0.1, 0.15) is 6.10 Å². The molecular formula is C34H46N4O4S. The van der Waals surface area contributed by atoms with E-state index in [0.717, 1.165) is 89.0 Å². The first kappa shape index (κ1) is 30.2. The van der Waals surface area contributed by atoms with Crippen LogP contribution in [-0.2, 0) is 26.5 Å². The van der Waals surface area contributed by atoms with Gasteiger partial charge in [-0.1, -0.05) is 30.8 Å². The van der Waals surface area contributed by atoms with Crippen LogP contribution in [0, 0.1) is 17.8 Å². The third-order valence-electron chi connectivity index (χ3n) is 10.6. The Bertz CT molecular complexity index is 1420. The zero-order valence-corrected chi connectivity index (χ0v) is 26.4. The van der Waals surface area contributed by atoms with E-state index < -0.39 is 9.84 Å². The molecule has 0 bridgehead atoms. The summed E-state index contributed by atoms with van der Waals surface area (Å²) in [5.74, 6) is 1.47. The molecule has 2 saturated heterocycles. The summed E-state index contributed by atoms with van der Waals surface area (Å²) < 4.78 is 30.1. The molecule has 3 heterocycles. The summed E-state index contributed by atoms with van der Waals surface area (Å²) in [6.45, 7) is 10.7. The van der Waals surface area contributed by atoms with Crippen LogP contribution in [0.1, 0.15) is 43.2 Å². The standard InChI is InChI=1S/C34H46N4O4S/c1-4-43(40,41)29-14-12-28(13-15-29)38-21-25(22-38)20-37-18-16-27(17-19-37)34(31-10-7-11-32(31)42-33(39)35-2)24-36(3)23-26-8-5-6-9-30(26)34/h4-6,8-9,12-15,25,27,31-32H,1,7,10-11,16-24H2,2-3H3,(H,35,39)/t31-,32-,34?/m0/s1. The van der Waals surface area contributed by atoms with Crippen molar-refractivity contribution in [2.24, 2.45) is 17.8 Å². The Labute approximate surface area is 257 Å². The second kappa shape index (κ2) is 12.3. The molecule has 9 heteroatoms. The van der Waals surface area contributed by atoms with Gasteiger partial charge >= 0.3 is 6.09 Å². The maximum atomic E-state index is 12.4. The Kier molecular flexibility index (Phi) is 8.59. The van der Waals surface area contributed by atoms with Crippen LogP contribution in [0.5, 0.6) is 0 Å². The maximum Gasteiger partial charge on any atom is 0.407 e. The Morgan fingerprint density at radius 3 is 2.49 bits per heavy atom. The van der Waals surface area contributed by atoms with Gasteiger partial charge in [0, 0.05) is 68.1 Å². The molecule has 4 aliphatic rings. The number of sulfone groups is 1. The molecular weight excluding hydrogens is 560 g/mol. The lowest BCUT2D eigenvalue weighted by atomic mass is 9.56. The maximum absolute atomic E-state index is 12.4. The fraction of sp³-hybridized carbons (Fsp3) is 0.559. The number of anilines is 1. The third kappa shape index (κ3) is 5.83. The van der Waals surface area contributed by atoms with Crippen LogP contribution in [0.3, 0.4) is 0 Å². The van der Waals surface area contributed by atoms with E-state index in [2.05, 4.69) is 57.9 Å². The molecule has 3 aliphatic heterocycles. The molecule has 232 valence electrons. The number of fused-ring (bicyclic) bond motifs is 1. The summed E-state index contributed by atoms with van der Waals surface area (Å²) in [7, 11) is 0.496. The highest BCUT2D eigenvalue weighted by molar-refractivity contribution is 7.94. The van der Waals surface area contributed by atoms with Crippen molar-refractivity contribution in [1.82, 2.24) is 15.1 Å². The summed E-state index contributed by atoms with van der Waals surface area (Å²) in [4.78, 5) is 20.1. The summed E-state index contributed by atoms with van der Waals surface area (Å²) in [6, 6.07) is 16.2. The number of hydrogen-bond donors (Lipinski definition) is 1. The number of piperidine rings is 1. The topological polar surface area (TPSA) is 82.2 Å². The van der Waals surface area contributed by atoms with Crippen LogP contribution in [0.2, 0.25) is 0 Å². The van der Waals surface area contributed by atoms with Crippen molar-refractivity contribution < 1.29 is 17.9 Å². The van der Waals surface area contributed by atoms with Gasteiger partial charge in [-0.3, -0.25) is 0 Å².